The van der Waals surface area contributed by atoms with Crippen molar-refractivity contribution in [2.45, 2.75) is 25.8 Å². The van der Waals surface area contributed by atoms with Gasteiger partial charge in [0.15, 0.2) is 0 Å². The monoisotopic (exact) mass is 293 g/mol. The van der Waals surface area contributed by atoms with Crippen molar-refractivity contribution in [1.82, 2.24) is 5.32 Å². The number of carbonyl (C=O) groups excluding carboxylic acids is 1. The van der Waals surface area contributed by atoms with E-state index >= 15 is 0 Å². The first kappa shape index (κ1) is 12.2. The molecule has 0 aliphatic heterocycles. The van der Waals surface area contributed by atoms with Crippen molar-refractivity contribution in [3.8, 4) is 0 Å². The lowest BCUT2D eigenvalue weighted by atomic mass is 9.71. The average molecular weight is 293 g/mol. The largest absolute Gasteiger partial charge is 0.349 e. The van der Waals surface area contributed by atoms with Crippen LogP contribution in [0.1, 0.15) is 31.4 Å². The van der Waals surface area contributed by atoms with E-state index in [0.717, 1.165) is 47.3 Å². The number of benzene rings is 1. The van der Waals surface area contributed by atoms with Gasteiger partial charge < -0.3 is 5.32 Å². The Balaban J connectivity index is 1.27. The van der Waals surface area contributed by atoms with Crippen molar-refractivity contribution >= 4 is 5.91 Å². The molecule has 1 N–H and O–H groups in total. The van der Waals surface area contributed by atoms with Crippen molar-refractivity contribution in [2.24, 2.45) is 53.3 Å². The highest BCUT2D eigenvalue weighted by atomic mass is 16.2. The molecule has 0 spiro atoms. The number of amides is 1. The topological polar surface area (TPSA) is 29.1 Å². The molecule has 7 rings (SSSR count). The standard InChI is InChI=1S/C20H23NO/c1-9(10-5-3-2-4-6-10)21-20(22)19-17-13-7-11-12-8-14(15(11)17)18(19)16(12)13/h2-6,9,11-19H,7-8H2,1H3,(H,21,22)/t9-,11?,12?,13?,14?,15?,16?,17?,18?,19?/m1/s1. The Morgan fingerprint density at radius 1 is 0.955 bits per heavy atom. The molecule has 2 heteroatoms. The molecule has 0 aromatic heterocycles. The second-order valence-corrected chi connectivity index (χ2v) is 8.60. The molecular weight excluding hydrogens is 270 g/mol. The Bertz CT molecular complexity index is 627. The van der Waals surface area contributed by atoms with Crippen LogP contribution < -0.4 is 5.32 Å². The molecule has 0 saturated heterocycles. The third-order valence-corrected chi connectivity index (χ3v) is 8.28. The molecule has 8 unspecified atom stereocenters. The first-order valence-corrected chi connectivity index (χ1v) is 9.11. The van der Waals surface area contributed by atoms with Gasteiger partial charge in [-0.2, -0.15) is 0 Å². The van der Waals surface area contributed by atoms with Gasteiger partial charge in [0, 0.05) is 5.92 Å². The van der Waals surface area contributed by atoms with Crippen LogP contribution in [0.15, 0.2) is 30.3 Å². The lowest BCUT2D eigenvalue weighted by Gasteiger charge is -2.33. The summed E-state index contributed by atoms with van der Waals surface area (Å²) in [4.78, 5) is 13.0. The first-order chi connectivity index (χ1) is 10.8. The Morgan fingerprint density at radius 3 is 2.14 bits per heavy atom. The SMILES string of the molecule is C[C@@H](NC(=O)C1C2C3CC4C5CC(C42)C1C53)c1ccccc1. The fourth-order valence-electron chi connectivity index (χ4n) is 8.10. The minimum atomic E-state index is 0.136. The van der Waals surface area contributed by atoms with Crippen LogP contribution in [0.5, 0.6) is 0 Å². The van der Waals surface area contributed by atoms with Gasteiger partial charge in [-0.25, -0.2) is 0 Å². The van der Waals surface area contributed by atoms with Crippen LogP contribution in [0.4, 0.5) is 0 Å². The number of rotatable bonds is 3. The van der Waals surface area contributed by atoms with Gasteiger partial charge in [0.05, 0.1) is 6.04 Å². The lowest BCUT2D eigenvalue weighted by molar-refractivity contribution is -0.127. The molecule has 6 aliphatic carbocycles. The summed E-state index contributed by atoms with van der Waals surface area (Å²) in [5.74, 6) is 8.00. The fraction of sp³-hybridized carbons (Fsp3) is 0.650. The van der Waals surface area contributed by atoms with E-state index in [0.29, 0.717) is 11.8 Å². The minimum Gasteiger partial charge on any atom is -0.349 e. The Hall–Kier alpha value is -1.31. The molecule has 0 heterocycles. The predicted octanol–water partition coefficient (Wildman–Crippen LogP) is 3.26. The normalized spacial score (nSPS) is 52.9. The second-order valence-electron chi connectivity index (χ2n) is 8.60. The van der Waals surface area contributed by atoms with Crippen molar-refractivity contribution in [3.63, 3.8) is 0 Å². The molecule has 6 fully saturated rings. The molecule has 6 saturated carbocycles. The van der Waals surface area contributed by atoms with Gasteiger partial charge in [-0.05, 0) is 72.7 Å². The zero-order valence-corrected chi connectivity index (χ0v) is 13.0. The van der Waals surface area contributed by atoms with Crippen LogP contribution in [0.3, 0.4) is 0 Å². The molecule has 1 aromatic rings. The van der Waals surface area contributed by atoms with Crippen LogP contribution in [-0.2, 0) is 4.79 Å². The van der Waals surface area contributed by atoms with Crippen LogP contribution in [0, 0.1) is 53.3 Å². The van der Waals surface area contributed by atoms with Crippen LogP contribution in [-0.4, -0.2) is 5.91 Å². The summed E-state index contributed by atoms with van der Waals surface area (Å²) in [7, 11) is 0. The van der Waals surface area contributed by atoms with E-state index in [1.807, 2.05) is 6.07 Å². The van der Waals surface area contributed by atoms with E-state index in [1.165, 1.54) is 18.4 Å². The maximum atomic E-state index is 13.0. The van der Waals surface area contributed by atoms with E-state index in [-0.39, 0.29) is 6.04 Å². The van der Waals surface area contributed by atoms with Gasteiger partial charge in [-0.15, -0.1) is 0 Å². The average Bonchev–Trinajstić information content (AvgIpc) is 3.25. The first-order valence-electron chi connectivity index (χ1n) is 9.11. The van der Waals surface area contributed by atoms with Crippen molar-refractivity contribution in [1.29, 1.82) is 0 Å². The van der Waals surface area contributed by atoms with E-state index in [9.17, 15) is 4.79 Å². The molecule has 2 nitrogen and oxygen atoms in total. The third-order valence-electron chi connectivity index (χ3n) is 8.28. The summed E-state index contributed by atoms with van der Waals surface area (Å²) in [6.45, 7) is 2.12. The summed E-state index contributed by atoms with van der Waals surface area (Å²) in [6, 6.07) is 10.5. The van der Waals surface area contributed by atoms with Crippen molar-refractivity contribution < 1.29 is 4.79 Å². The fourth-order valence-corrected chi connectivity index (χ4v) is 8.10. The van der Waals surface area contributed by atoms with Gasteiger partial charge >= 0.3 is 0 Å². The summed E-state index contributed by atoms with van der Waals surface area (Å²) in [5.41, 5.74) is 1.22. The summed E-state index contributed by atoms with van der Waals surface area (Å²) in [5, 5.41) is 3.35. The summed E-state index contributed by atoms with van der Waals surface area (Å²) >= 11 is 0. The maximum Gasteiger partial charge on any atom is 0.224 e. The zero-order chi connectivity index (χ0) is 14.6. The highest BCUT2D eigenvalue weighted by Crippen LogP contribution is 2.84. The lowest BCUT2D eigenvalue weighted by Crippen LogP contribution is -2.35. The Kier molecular flexibility index (Phi) is 2.09. The van der Waals surface area contributed by atoms with Crippen molar-refractivity contribution in [2.75, 3.05) is 0 Å². The molecular formula is C20H23NO. The molecule has 1 aromatic carbocycles. The number of hydrogen-bond acceptors (Lipinski definition) is 1. The highest BCUT2D eigenvalue weighted by Gasteiger charge is 2.81. The second kappa shape index (κ2) is 3.77. The van der Waals surface area contributed by atoms with Gasteiger partial charge in [0.1, 0.15) is 0 Å². The smallest absolute Gasteiger partial charge is 0.224 e. The molecule has 22 heavy (non-hydrogen) atoms. The Labute approximate surface area is 131 Å². The third kappa shape index (κ3) is 1.17. The summed E-state index contributed by atoms with van der Waals surface area (Å²) < 4.78 is 0. The van der Waals surface area contributed by atoms with Crippen LogP contribution in [0.2, 0.25) is 0 Å². The van der Waals surface area contributed by atoms with Crippen molar-refractivity contribution in [3.05, 3.63) is 35.9 Å². The number of hydrogen-bond donors (Lipinski definition) is 1. The minimum absolute atomic E-state index is 0.136. The molecule has 6 bridgehead atoms. The Morgan fingerprint density at radius 2 is 1.55 bits per heavy atom. The molecule has 6 aliphatic rings. The zero-order valence-electron chi connectivity index (χ0n) is 13.0. The van der Waals surface area contributed by atoms with Gasteiger partial charge in [0.2, 0.25) is 5.91 Å². The van der Waals surface area contributed by atoms with Crippen LogP contribution >= 0.6 is 0 Å². The van der Waals surface area contributed by atoms with E-state index in [2.05, 4.69) is 36.5 Å². The van der Waals surface area contributed by atoms with Gasteiger partial charge in [-0.3, -0.25) is 4.79 Å². The van der Waals surface area contributed by atoms with E-state index in [1.54, 1.807) is 0 Å². The predicted molar refractivity (Wildman–Crippen MR) is 83.6 cm³/mol. The summed E-state index contributed by atoms with van der Waals surface area (Å²) in [6.07, 6.45) is 2.94. The highest BCUT2D eigenvalue weighted by molar-refractivity contribution is 5.81. The number of nitrogens with one attached hydrogen (secondary N) is 1. The molecule has 114 valence electrons. The quantitative estimate of drug-likeness (QED) is 0.910. The molecule has 1 amide bonds. The van der Waals surface area contributed by atoms with Gasteiger partial charge in [0.25, 0.3) is 0 Å². The molecule has 0 radical (unpaired) electrons. The van der Waals surface area contributed by atoms with Gasteiger partial charge in [-0.1, -0.05) is 30.3 Å². The van der Waals surface area contributed by atoms with E-state index < -0.39 is 0 Å². The molecule has 9 atom stereocenters. The number of carbonyl (C=O) groups is 1. The van der Waals surface area contributed by atoms with E-state index in [4.69, 9.17) is 0 Å². The maximum absolute atomic E-state index is 13.0. The van der Waals surface area contributed by atoms with Crippen LogP contribution in [0.25, 0.3) is 0 Å².